The van der Waals surface area contributed by atoms with Crippen molar-refractivity contribution in [1.29, 1.82) is 0 Å². The molecule has 0 aliphatic carbocycles. The van der Waals surface area contributed by atoms with Gasteiger partial charge in [0.1, 0.15) is 5.75 Å². The summed E-state index contributed by atoms with van der Waals surface area (Å²) in [6, 6.07) is 15.2. The monoisotopic (exact) mass is 318 g/mol. The van der Waals surface area contributed by atoms with Gasteiger partial charge in [-0.25, -0.2) is 0 Å². The van der Waals surface area contributed by atoms with Crippen LogP contribution < -0.4 is 4.74 Å². The van der Waals surface area contributed by atoms with Gasteiger partial charge in [0.25, 0.3) is 0 Å². The summed E-state index contributed by atoms with van der Waals surface area (Å²) in [5, 5.41) is 0. The summed E-state index contributed by atoms with van der Waals surface area (Å²) in [5.41, 5.74) is 1.76. The number of hydrogen-bond acceptors (Lipinski definition) is 2. The van der Waals surface area contributed by atoms with Crippen molar-refractivity contribution in [3.8, 4) is 5.75 Å². The summed E-state index contributed by atoms with van der Waals surface area (Å²) in [5.74, 6) is 0.754. The number of hydrogen-bond donors (Lipinski definition) is 0. The van der Waals surface area contributed by atoms with Crippen molar-refractivity contribution in [2.75, 3.05) is 6.61 Å². The van der Waals surface area contributed by atoms with Gasteiger partial charge in [-0.05, 0) is 24.1 Å². The highest BCUT2D eigenvalue weighted by molar-refractivity contribution is 9.10. The summed E-state index contributed by atoms with van der Waals surface area (Å²) in [7, 11) is 0. The van der Waals surface area contributed by atoms with Crippen LogP contribution in [0.1, 0.15) is 22.8 Å². The topological polar surface area (TPSA) is 26.3 Å². The third-order valence-corrected chi connectivity index (χ3v) is 3.58. The lowest BCUT2D eigenvalue weighted by Gasteiger charge is -2.10. The van der Waals surface area contributed by atoms with E-state index in [1.807, 2.05) is 42.5 Å². The van der Waals surface area contributed by atoms with Gasteiger partial charge in [0, 0.05) is 10.0 Å². The molecular weight excluding hydrogens is 304 g/mol. The fraction of sp³-hybridized carbons (Fsp3) is 0.188. The van der Waals surface area contributed by atoms with Crippen molar-refractivity contribution in [3.63, 3.8) is 0 Å². The first-order valence-electron chi connectivity index (χ1n) is 6.20. The van der Waals surface area contributed by atoms with Gasteiger partial charge < -0.3 is 4.74 Å². The molecule has 0 radical (unpaired) electrons. The van der Waals surface area contributed by atoms with Gasteiger partial charge in [0.2, 0.25) is 5.78 Å². The second-order valence-corrected chi connectivity index (χ2v) is 5.01. The first-order chi connectivity index (χ1) is 9.22. The van der Waals surface area contributed by atoms with Gasteiger partial charge in [-0.15, -0.1) is 0 Å². The number of ketones is 1. The summed E-state index contributed by atoms with van der Waals surface area (Å²) in [6.45, 7) is 2.12. The van der Waals surface area contributed by atoms with E-state index in [-0.39, 0.29) is 12.4 Å². The Labute approximate surface area is 121 Å². The number of carbonyl (C=O) groups is 1. The first kappa shape index (κ1) is 13.8. The highest BCUT2D eigenvalue weighted by Gasteiger charge is 2.11. The van der Waals surface area contributed by atoms with E-state index in [0.717, 1.165) is 22.2 Å². The molecule has 19 heavy (non-hydrogen) atoms. The Kier molecular flexibility index (Phi) is 4.74. The maximum Gasteiger partial charge on any atom is 0.201 e. The molecular formula is C16H15BrO2. The van der Waals surface area contributed by atoms with Gasteiger partial charge in [-0.3, -0.25) is 4.79 Å². The molecule has 3 heteroatoms. The quantitative estimate of drug-likeness (QED) is 0.769. The molecule has 0 N–H and O–H groups in total. The number of aryl methyl sites for hydroxylation is 1. The molecule has 98 valence electrons. The number of carbonyl (C=O) groups excluding carboxylic acids is 1. The minimum absolute atomic E-state index is 0.0293. The Morgan fingerprint density at radius 2 is 1.79 bits per heavy atom. The zero-order valence-electron chi connectivity index (χ0n) is 10.7. The Morgan fingerprint density at radius 1 is 1.11 bits per heavy atom. The number of Topliss-reactive ketones (excluding diaryl/α,β-unsaturated/α-hetero) is 1. The van der Waals surface area contributed by atoms with Crippen LogP contribution >= 0.6 is 15.9 Å². The lowest BCUT2D eigenvalue weighted by molar-refractivity contribution is 0.0920. The molecule has 0 spiro atoms. The lowest BCUT2D eigenvalue weighted by atomic mass is 10.1. The SMILES string of the molecule is CCc1ccccc1OCC(=O)c1ccccc1Br. The molecule has 0 saturated carbocycles. The molecule has 2 aromatic carbocycles. The van der Waals surface area contributed by atoms with E-state index in [2.05, 4.69) is 22.9 Å². The number of ether oxygens (including phenoxy) is 1. The van der Waals surface area contributed by atoms with Gasteiger partial charge in [0.05, 0.1) is 0 Å². The molecule has 0 amide bonds. The smallest absolute Gasteiger partial charge is 0.201 e. The Morgan fingerprint density at radius 3 is 2.53 bits per heavy atom. The zero-order valence-corrected chi connectivity index (χ0v) is 12.3. The van der Waals surface area contributed by atoms with Gasteiger partial charge >= 0.3 is 0 Å². The number of benzene rings is 2. The fourth-order valence-corrected chi connectivity index (χ4v) is 2.35. The normalized spacial score (nSPS) is 10.2. The Bertz CT molecular complexity index is 578. The summed E-state index contributed by atoms with van der Waals surface area (Å²) >= 11 is 3.37. The minimum atomic E-state index is -0.0293. The fourth-order valence-electron chi connectivity index (χ4n) is 1.85. The average Bonchev–Trinajstić information content (AvgIpc) is 2.45. The van der Waals surface area contributed by atoms with Crippen LogP contribution in [0.4, 0.5) is 0 Å². The van der Waals surface area contributed by atoms with Crippen molar-refractivity contribution in [3.05, 3.63) is 64.1 Å². The molecule has 0 aliphatic heterocycles. The number of halogens is 1. The molecule has 2 aromatic rings. The molecule has 0 aliphatic rings. The molecule has 0 fully saturated rings. The van der Waals surface area contributed by atoms with Crippen molar-refractivity contribution in [1.82, 2.24) is 0 Å². The van der Waals surface area contributed by atoms with Gasteiger partial charge in [-0.1, -0.05) is 59.3 Å². The van der Waals surface area contributed by atoms with Gasteiger partial charge in [0.15, 0.2) is 6.61 Å². The third kappa shape index (κ3) is 3.44. The number of para-hydroxylation sites is 1. The van der Waals surface area contributed by atoms with Crippen LogP contribution in [0.3, 0.4) is 0 Å². The largest absolute Gasteiger partial charge is 0.485 e. The molecule has 0 unspecified atom stereocenters. The van der Waals surface area contributed by atoms with E-state index in [4.69, 9.17) is 4.74 Å². The maximum atomic E-state index is 12.1. The molecule has 0 atom stereocenters. The van der Waals surface area contributed by atoms with Crippen LogP contribution in [-0.2, 0) is 6.42 Å². The first-order valence-corrected chi connectivity index (χ1v) is 7.00. The van der Waals surface area contributed by atoms with E-state index in [1.54, 1.807) is 6.07 Å². The summed E-state index contributed by atoms with van der Waals surface area (Å²) in [6.07, 6.45) is 0.888. The maximum absolute atomic E-state index is 12.1. The predicted molar refractivity (Wildman–Crippen MR) is 79.8 cm³/mol. The molecule has 0 aromatic heterocycles. The van der Waals surface area contributed by atoms with E-state index in [0.29, 0.717) is 5.56 Å². The van der Waals surface area contributed by atoms with Crippen molar-refractivity contribution < 1.29 is 9.53 Å². The van der Waals surface area contributed by atoms with Crippen molar-refractivity contribution in [2.24, 2.45) is 0 Å². The van der Waals surface area contributed by atoms with E-state index in [1.165, 1.54) is 0 Å². The number of rotatable bonds is 5. The Balaban J connectivity index is 2.07. The van der Waals surface area contributed by atoms with Crippen LogP contribution in [0, 0.1) is 0 Å². The van der Waals surface area contributed by atoms with Crippen LogP contribution in [-0.4, -0.2) is 12.4 Å². The highest BCUT2D eigenvalue weighted by Crippen LogP contribution is 2.20. The standard InChI is InChI=1S/C16H15BrO2/c1-2-12-7-3-6-10-16(12)19-11-15(18)13-8-4-5-9-14(13)17/h3-10H,2,11H2,1H3. The van der Waals surface area contributed by atoms with Crippen LogP contribution in [0.2, 0.25) is 0 Å². The molecule has 2 nitrogen and oxygen atoms in total. The molecule has 2 rings (SSSR count). The van der Waals surface area contributed by atoms with Crippen molar-refractivity contribution in [2.45, 2.75) is 13.3 Å². The predicted octanol–water partition coefficient (Wildman–Crippen LogP) is 4.27. The second-order valence-electron chi connectivity index (χ2n) is 4.15. The lowest BCUT2D eigenvalue weighted by Crippen LogP contribution is -2.12. The zero-order chi connectivity index (χ0) is 13.7. The van der Waals surface area contributed by atoms with Crippen LogP contribution in [0.5, 0.6) is 5.75 Å². The van der Waals surface area contributed by atoms with Gasteiger partial charge in [-0.2, -0.15) is 0 Å². The molecule has 0 bridgehead atoms. The summed E-state index contributed by atoms with van der Waals surface area (Å²) in [4.78, 5) is 12.1. The average molecular weight is 319 g/mol. The molecule has 0 saturated heterocycles. The van der Waals surface area contributed by atoms with E-state index >= 15 is 0 Å². The van der Waals surface area contributed by atoms with Crippen LogP contribution in [0.25, 0.3) is 0 Å². The summed E-state index contributed by atoms with van der Waals surface area (Å²) < 4.78 is 6.43. The highest BCUT2D eigenvalue weighted by atomic mass is 79.9. The second kappa shape index (κ2) is 6.53. The minimum Gasteiger partial charge on any atom is -0.485 e. The van der Waals surface area contributed by atoms with Crippen molar-refractivity contribution >= 4 is 21.7 Å². The van der Waals surface area contributed by atoms with E-state index in [9.17, 15) is 4.79 Å². The third-order valence-electron chi connectivity index (χ3n) is 2.89. The molecule has 0 heterocycles. The van der Waals surface area contributed by atoms with E-state index < -0.39 is 0 Å². The Hall–Kier alpha value is -1.61. The van der Waals surface area contributed by atoms with Crippen LogP contribution in [0.15, 0.2) is 53.0 Å².